The average Bonchev–Trinajstić information content (AvgIpc) is 3.14. The van der Waals surface area contributed by atoms with Crippen LogP contribution in [-0.2, 0) is 11.3 Å². The molecule has 0 saturated carbocycles. The molecular weight excluding hydrogens is 329 g/mol. The van der Waals surface area contributed by atoms with E-state index in [1.54, 1.807) is 13.0 Å². The van der Waals surface area contributed by atoms with Crippen LogP contribution in [-0.4, -0.2) is 51.5 Å². The van der Waals surface area contributed by atoms with Crippen LogP contribution in [0.4, 0.5) is 13.2 Å². The van der Waals surface area contributed by atoms with Gasteiger partial charge in [-0.05, 0) is 13.0 Å². The summed E-state index contributed by atoms with van der Waals surface area (Å²) in [7, 11) is 0. The molecule has 24 heavy (non-hydrogen) atoms. The number of morpholine rings is 1. The zero-order valence-electron chi connectivity index (χ0n) is 12.8. The Kier molecular flexibility index (Phi) is 4.31. The third kappa shape index (κ3) is 3.42. The number of nitrogens with zero attached hydrogens (tertiary/aromatic N) is 4. The number of ether oxygens (including phenoxy) is 1. The number of alkyl halides is 3. The molecule has 3 heterocycles. The molecule has 10 heteroatoms. The molecule has 1 saturated heterocycles. The lowest BCUT2D eigenvalue weighted by Gasteiger charge is -2.33. The second kappa shape index (κ2) is 6.27. The van der Waals surface area contributed by atoms with E-state index in [1.165, 1.54) is 11.2 Å². The van der Waals surface area contributed by atoms with Crippen molar-refractivity contribution in [3.05, 3.63) is 35.8 Å². The predicted octanol–water partition coefficient (Wildman–Crippen LogP) is 1.96. The summed E-state index contributed by atoms with van der Waals surface area (Å²) in [6.07, 6.45) is -1.98. The van der Waals surface area contributed by atoms with E-state index in [4.69, 9.17) is 9.15 Å². The molecule has 2 aromatic rings. The van der Waals surface area contributed by atoms with Crippen molar-refractivity contribution in [3.63, 3.8) is 0 Å². The van der Waals surface area contributed by atoms with Crippen LogP contribution in [0.25, 0.3) is 0 Å². The fourth-order valence-electron chi connectivity index (χ4n) is 2.54. The van der Waals surface area contributed by atoms with Gasteiger partial charge in [-0.25, -0.2) is 9.67 Å². The van der Waals surface area contributed by atoms with Gasteiger partial charge in [-0.15, -0.1) is 0 Å². The zero-order valence-corrected chi connectivity index (χ0v) is 12.8. The smallest absolute Gasteiger partial charge is 0.408 e. The number of rotatable bonds is 3. The molecular formula is C14H15F3N4O3. The number of amides is 1. The molecule has 0 radical (unpaired) electrons. The van der Waals surface area contributed by atoms with Gasteiger partial charge in [-0.3, -0.25) is 4.79 Å². The highest BCUT2D eigenvalue weighted by molar-refractivity contribution is 5.95. The van der Waals surface area contributed by atoms with Crippen molar-refractivity contribution in [1.29, 1.82) is 0 Å². The van der Waals surface area contributed by atoms with Gasteiger partial charge in [-0.1, -0.05) is 0 Å². The molecule has 3 rings (SSSR count). The van der Waals surface area contributed by atoms with Crippen molar-refractivity contribution < 1.29 is 27.1 Å². The summed E-state index contributed by atoms with van der Waals surface area (Å²) in [6.45, 7) is 1.18. The van der Waals surface area contributed by atoms with Gasteiger partial charge < -0.3 is 14.1 Å². The molecule has 0 unspecified atom stereocenters. The molecule has 0 N–H and O–H groups in total. The van der Waals surface area contributed by atoms with Crippen LogP contribution in [0.15, 0.2) is 23.1 Å². The minimum absolute atomic E-state index is 0.119. The fourth-order valence-corrected chi connectivity index (χ4v) is 2.54. The van der Waals surface area contributed by atoms with Crippen LogP contribution in [0.2, 0.25) is 0 Å². The lowest BCUT2D eigenvalue weighted by Crippen LogP contribution is -2.44. The number of halogens is 3. The number of furan rings is 1. The van der Waals surface area contributed by atoms with Gasteiger partial charge in [0.15, 0.2) is 5.82 Å². The van der Waals surface area contributed by atoms with Crippen LogP contribution < -0.4 is 0 Å². The van der Waals surface area contributed by atoms with E-state index in [2.05, 4.69) is 10.1 Å². The Labute approximate surface area is 135 Å². The van der Waals surface area contributed by atoms with E-state index < -0.39 is 18.8 Å². The van der Waals surface area contributed by atoms with Gasteiger partial charge in [0.1, 0.15) is 24.7 Å². The number of aryl methyl sites for hydroxylation is 1. The summed E-state index contributed by atoms with van der Waals surface area (Å²) < 4.78 is 48.5. The molecule has 2 aromatic heterocycles. The Morgan fingerprint density at radius 3 is 2.92 bits per heavy atom. The summed E-state index contributed by atoms with van der Waals surface area (Å²) in [4.78, 5) is 18.1. The maximum atomic E-state index is 12.7. The fraction of sp³-hybridized carbons (Fsp3) is 0.500. The lowest BCUT2D eigenvalue weighted by molar-refractivity contribution is -0.142. The highest BCUT2D eigenvalue weighted by atomic mass is 19.4. The zero-order chi connectivity index (χ0) is 17.3. The highest BCUT2D eigenvalue weighted by Gasteiger charge is 2.34. The molecule has 0 aromatic carbocycles. The molecule has 1 aliphatic rings. The van der Waals surface area contributed by atoms with E-state index in [1.807, 2.05) is 0 Å². The Morgan fingerprint density at radius 1 is 1.46 bits per heavy atom. The quantitative estimate of drug-likeness (QED) is 0.851. The van der Waals surface area contributed by atoms with E-state index in [0.717, 1.165) is 6.33 Å². The maximum absolute atomic E-state index is 12.7. The summed E-state index contributed by atoms with van der Waals surface area (Å²) in [6, 6.07) is 0.912. The summed E-state index contributed by atoms with van der Waals surface area (Å²) in [5.41, 5.74) is 0.400. The molecule has 1 atom stereocenters. The maximum Gasteiger partial charge on any atom is 0.408 e. The summed E-state index contributed by atoms with van der Waals surface area (Å²) in [5.74, 6) is 0.302. The number of hydrogen-bond donors (Lipinski definition) is 0. The van der Waals surface area contributed by atoms with Crippen molar-refractivity contribution in [2.24, 2.45) is 0 Å². The number of carbonyl (C=O) groups excluding carboxylic acids is 1. The normalized spacial score (nSPS) is 18.8. The van der Waals surface area contributed by atoms with E-state index >= 15 is 0 Å². The third-order valence-corrected chi connectivity index (χ3v) is 3.67. The second-order valence-corrected chi connectivity index (χ2v) is 5.40. The Bertz CT molecular complexity index is 725. The minimum Gasteiger partial charge on any atom is -0.469 e. The summed E-state index contributed by atoms with van der Waals surface area (Å²) in [5, 5.41) is 3.84. The first-order valence-corrected chi connectivity index (χ1v) is 7.24. The predicted molar refractivity (Wildman–Crippen MR) is 74.1 cm³/mol. The van der Waals surface area contributed by atoms with Crippen LogP contribution in [0.5, 0.6) is 0 Å². The molecule has 0 aliphatic carbocycles. The monoisotopic (exact) mass is 344 g/mol. The highest BCUT2D eigenvalue weighted by Crippen LogP contribution is 2.25. The topological polar surface area (TPSA) is 73.4 Å². The van der Waals surface area contributed by atoms with Gasteiger partial charge >= 0.3 is 6.18 Å². The van der Waals surface area contributed by atoms with Crippen LogP contribution in [0.3, 0.4) is 0 Å². The molecule has 1 amide bonds. The lowest BCUT2D eigenvalue weighted by atomic mass is 10.1. The van der Waals surface area contributed by atoms with Gasteiger partial charge in [0.25, 0.3) is 5.91 Å². The molecule has 7 nitrogen and oxygen atoms in total. The van der Waals surface area contributed by atoms with Crippen molar-refractivity contribution in [2.45, 2.75) is 25.7 Å². The average molecular weight is 344 g/mol. The standard InChI is InChI=1S/C14H15F3N4O3/c1-9-10(2-4-24-9)13(22)21-3-5-23-6-11(21)12-18-8-20(19-12)7-14(15,16)17/h2,4,8,11H,3,5-7H2,1H3/t11-/m1/s1. The Hall–Kier alpha value is -2.36. The van der Waals surface area contributed by atoms with Gasteiger partial charge in [0.2, 0.25) is 0 Å². The molecule has 1 aliphatic heterocycles. The van der Waals surface area contributed by atoms with E-state index in [-0.39, 0.29) is 18.3 Å². The second-order valence-electron chi connectivity index (χ2n) is 5.40. The first kappa shape index (κ1) is 16.5. The first-order valence-electron chi connectivity index (χ1n) is 7.24. The first-order chi connectivity index (χ1) is 11.3. The van der Waals surface area contributed by atoms with Gasteiger partial charge in [-0.2, -0.15) is 18.3 Å². The van der Waals surface area contributed by atoms with E-state index in [0.29, 0.717) is 29.2 Å². The van der Waals surface area contributed by atoms with Crippen molar-refractivity contribution in [2.75, 3.05) is 19.8 Å². The van der Waals surface area contributed by atoms with Gasteiger partial charge in [0.05, 0.1) is 25.0 Å². The third-order valence-electron chi connectivity index (χ3n) is 3.67. The molecule has 1 fully saturated rings. The molecule has 0 bridgehead atoms. The number of carbonyl (C=O) groups is 1. The number of aromatic nitrogens is 3. The number of hydrogen-bond acceptors (Lipinski definition) is 5. The van der Waals surface area contributed by atoms with Crippen molar-refractivity contribution in [3.8, 4) is 0 Å². The van der Waals surface area contributed by atoms with Gasteiger partial charge in [0, 0.05) is 6.54 Å². The molecule has 130 valence electrons. The van der Waals surface area contributed by atoms with Crippen molar-refractivity contribution in [1.82, 2.24) is 19.7 Å². The van der Waals surface area contributed by atoms with E-state index in [9.17, 15) is 18.0 Å². The van der Waals surface area contributed by atoms with Crippen molar-refractivity contribution >= 4 is 5.91 Å². The Balaban J connectivity index is 1.82. The van der Waals surface area contributed by atoms with Crippen LogP contribution in [0.1, 0.15) is 28.0 Å². The van der Waals surface area contributed by atoms with Crippen LogP contribution in [0, 0.1) is 6.92 Å². The largest absolute Gasteiger partial charge is 0.469 e. The Morgan fingerprint density at radius 2 is 2.25 bits per heavy atom. The van der Waals surface area contributed by atoms with Crippen LogP contribution >= 0.6 is 0 Å². The molecule has 0 spiro atoms. The minimum atomic E-state index is -4.39. The summed E-state index contributed by atoms with van der Waals surface area (Å²) >= 11 is 0. The SMILES string of the molecule is Cc1occc1C(=O)N1CCOC[C@@H]1c1ncn(CC(F)(F)F)n1.